The summed E-state index contributed by atoms with van der Waals surface area (Å²) in [5, 5.41) is 5.90. The summed E-state index contributed by atoms with van der Waals surface area (Å²) in [6, 6.07) is 47.7. The lowest BCUT2D eigenvalue weighted by Gasteiger charge is -2.08. The maximum Gasteiger partial charge on any atom is 0.0541 e. The van der Waals surface area contributed by atoms with Crippen LogP contribution in [0.3, 0.4) is 0 Å². The number of para-hydroxylation sites is 2. The Labute approximate surface area is 235 Å². The molecule has 184 valence electrons. The molecule has 0 aliphatic rings. The smallest absolute Gasteiger partial charge is 0.0541 e. The zero-order chi connectivity index (χ0) is 25.9. The van der Waals surface area contributed by atoms with E-state index in [1.165, 1.54) is 69.9 Å². The van der Waals surface area contributed by atoms with Crippen LogP contribution in [0.2, 0.25) is 5.02 Å². The van der Waals surface area contributed by atoms with Crippen LogP contribution in [0.15, 0.2) is 133 Å². The van der Waals surface area contributed by atoms with Crippen LogP contribution in [0.4, 0.5) is 0 Å². The van der Waals surface area contributed by atoms with E-state index in [0.717, 1.165) is 5.02 Å². The Balaban J connectivity index is 1.37. The van der Waals surface area contributed by atoms with Crippen LogP contribution in [0.1, 0.15) is 0 Å². The summed E-state index contributed by atoms with van der Waals surface area (Å²) in [6.45, 7) is 0. The summed E-state index contributed by atoms with van der Waals surface area (Å²) in [5.74, 6) is 0. The van der Waals surface area contributed by atoms with Gasteiger partial charge in [-0.15, -0.1) is 11.3 Å². The highest BCUT2D eigenvalue weighted by atomic mass is 35.5. The predicted octanol–water partition coefficient (Wildman–Crippen LogP) is 11.1. The van der Waals surface area contributed by atoms with Gasteiger partial charge in [0.15, 0.2) is 0 Å². The van der Waals surface area contributed by atoms with E-state index in [9.17, 15) is 0 Å². The molecule has 8 aromatic rings. The van der Waals surface area contributed by atoms with Crippen LogP contribution in [-0.2, 0) is 0 Å². The van der Waals surface area contributed by atoms with Gasteiger partial charge in [0.2, 0.25) is 0 Å². The molecule has 0 aliphatic carbocycles. The number of benzene rings is 6. The van der Waals surface area contributed by atoms with Crippen molar-refractivity contribution in [3.63, 3.8) is 0 Å². The molecule has 0 unspecified atom stereocenters. The normalized spacial score (nSPS) is 11.7. The van der Waals surface area contributed by atoms with Crippen LogP contribution in [0, 0.1) is 0 Å². The molecule has 0 atom stereocenters. The van der Waals surface area contributed by atoms with Crippen LogP contribution in [0.25, 0.3) is 69.9 Å². The van der Waals surface area contributed by atoms with Gasteiger partial charge in [0.1, 0.15) is 0 Å². The zero-order valence-electron chi connectivity index (χ0n) is 20.9. The van der Waals surface area contributed by atoms with Gasteiger partial charge in [-0.3, -0.25) is 0 Å². The van der Waals surface area contributed by atoms with Crippen molar-refractivity contribution >= 4 is 64.9 Å². The first-order chi connectivity index (χ1) is 19.3. The van der Waals surface area contributed by atoms with Gasteiger partial charge in [-0.2, -0.15) is 0 Å². The fraction of sp³-hybridized carbons (Fsp3) is 0. The van der Waals surface area contributed by atoms with Gasteiger partial charge < -0.3 is 4.57 Å². The number of fused-ring (bicyclic) bond motifs is 6. The van der Waals surface area contributed by atoms with E-state index in [1.807, 2.05) is 23.5 Å². The van der Waals surface area contributed by atoms with E-state index in [0.29, 0.717) is 0 Å². The summed E-state index contributed by atoms with van der Waals surface area (Å²) in [6.07, 6.45) is 0. The van der Waals surface area contributed by atoms with E-state index in [-0.39, 0.29) is 0 Å². The molecule has 6 aromatic carbocycles. The van der Waals surface area contributed by atoms with Crippen LogP contribution in [-0.4, -0.2) is 4.57 Å². The standard InChI is InChI=1S/C36H22ClNS/c37-25-19-16-23(17-20-25)27-11-6-13-30-31-14-7-12-28(36(31)39-35(27)30)24-18-21-34-32(22-24)29-10-4-5-15-33(29)38(34)26-8-2-1-3-9-26/h1-22H. The van der Waals surface area contributed by atoms with Gasteiger partial charge in [0.05, 0.1) is 11.0 Å². The average Bonchev–Trinajstić information content (AvgIpc) is 3.54. The Morgan fingerprint density at radius 1 is 0.462 bits per heavy atom. The van der Waals surface area contributed by atoms with E-state index in [1.54, 1.807) is 0 Å². The molecule has 39 heavy (non-hydrogen) atoms. The molecule has 0 radical (unpaired) electrons. The molecule has 0 fully saturated rings. The third-order valence-corrected chi connectivity index (χ3v) is 9.22. The number of hydrogen-bond donors (Lipinski definition) is 0. The summed E-state index contributed by atoms with van der Waals surface area (Å²) in [4.78, 5) is 0. The molecular weight excluding hydrogens is 514 g/mol. The third kappa shape index (κ3) is 3.53. The highest BCUT2D eigenvalue weighted by Gasteiger charge is 2.16. The Morgan fingerprint density at radius 2 is 1.05 bits per heavy atom. The summed E-state index contributed by atoms with van der Waals surface area (Å²) < 4.78 is 5.00. The first-order valence-electron chi connectivity index (χ1n) is 13.1. The molecule has 2 aromatic heterocycles. The van der Waals surface area contributed by atoms with Crippen molar-refractivity contribution in [1.29, 1.82) is 0 Å². The van der Waals surface area contributed by atoms with Gasteiger partial charge in [-0.1, -0.05) is 103 Å². The number of rotatable bonds is 3. The number of hydrogen-bond acceptors (Lipinski definition) is 1. The minimum absolute atomic E-state index is 0.758. The topological polar surface area (TPSA) is 4.93 Å². The van der Waals surface area contributed by atoms with Crippen molar-refractivity contribution in [3.8, 4) is 27.9 Å². The highest BCUT2D eigenvalue weighted by molar-refractivity contribution is 7.26. The second-order valence-corrected chi connectivity index (χ2v) is 11.4. The first-order valence-corrected chi connectivity index (χ1v) is 14.2. The molecule has 0 amide bonds. The zero-order valence-corrected chi connectivity index (χ0v) is 22.5. The molecule has 1 nitrogen and oxygen atoms in total. The van der Waals surface area contributed by atoms with Crippen LogP contribution < -0.4 is 0 Å². The lowest BCUT2D eigenvalue weighted by Crippen LogP contribution is -1.92. The molecule has 0 aliphatic heterocycles. The van der Waals surface area contributed by atoms with Crippen molar-refractivity contribution in [1.82, 2.24) is 4.57 Å². The number of halogens is 1. The predicted molar refractivity (Wildman–Crippen MR) is 170 cm³/mol. The second kappa shape index (κ2) is 8.84. The third-order valence-electron chi connectivity index (χ3n) is 7.68. The lowest BCUT2D eigenvalue weighted by atomic mass is 9.99. The molecule has 0 bridgehead atoms. The summed E-state index contributed by atoms with van der Waals surface area (Å²) >= 11 is 8.07. The molecular formula is C36H22ClNS. The van der Waals surface area contributed by atoms with Crippen molar-refractivity contribution in [2.75, 3.05) is 0 Å². The fourth-order valence-corrected chi connectivity index (χ4v) is 7.40. The van der Waals surface area contributed by atoms with Crippen molar-refractivity contribution in [3.05, 3.63) is 138 Å². The van der Waals surface area contributed by atoms with E-state index in [2.05, 4.69) is 126 Å². The van der Waals surface area contributed by atoms with Gasteiger partial charge >= 0.3 is 0 Å². The maximum absolute atomic E-state index is 6.19. The van der Waals surface area contributed by atoms with Crippen LogP contribution in [0.5, 0.6) is 0 Å². The average molecular weight is 536 g/mol. The fourth-order valence-electron chi connectivity index (χ4n) is 5.90. The number of nitrogens with zero attached hydrogens (tertiary/aromatic N) is 1. The first kappa shape index (κ1) is 22.6. The maximum atomic E-state index is 6.19. The minimum Gasteiger partial charge on any atom is -0.309 e. The molecule has 0 N–H and O–H groups in total. The Hall–Kier alpha value is -4.37. The molecule has 0 saturated carbocycles. The second-order valence-electron chi connectivity index (χ2n) is 9.89. The molecule has 0 saturated heterocycles. The van der Waals surface area contributed by atoms with E-state index < -0.39 is 0 Å². The Kier molecular flexibility index (Phi) is 5.12. The van der Waals surface area contributed by atoms with E-state index in [4.69, 9.17) is 11.6 Å². The summed E-state index contributed by atoms with van der Waals surface area (Å²) in [7, 11) is 0. The largest absolute Gasteiger partial charge is 0.309 e. The monoisotopic (exact) mass is 535 g/mol. The number of thiophene rings is 1. The van der Waals surface area contributed by atoms with Gasteiger partial charge in [0, 0.05) is 41.7 Å². The quantitative estimate of drug-likeness (QED) is 0.212. The van der Waals surface area contributed by atoms with Crippen LogP contribution >= 0.6 is 22.9 Å². The van der Waals surface area contributed by atoms with Gasteiger partial charge in [-0.05, 0) is 64.7 Å². The Morgan fingerprint density at radius 3 is 1.79 bits per heavy atom. The van der Waals surface area contributed by atoms with Gasteiger partial charge in [-0.25, -0.2) is 0 Å². The molecule has 3 heteroatoms. The van der Waals surface area contributed by atoms with Crippen molar-refractivity contribution < 1.29 is 0 Å². The highest BCUT2D eigenvalue weighted by Crippen LogP contribution is 2.44. The molecule has 0 spiro atoms. The number of aromatic nitrogens is 1. The molecule has 8 rings (SSSR count). The molecule has 2 heterocycles. The van der Waals surface area contributed by atoms with E-state index >= 15 is 0 Å². The minimum atomic E-state index is 0.758. The Bertz CT molecular complexity index is 2170. The lowest BCUT2D eigenvalue weighted by molar-refractivity contribution is 1.18. The SMILES string of the molecule is Clc1ccc(-c2cccc3c2sc2c(-c4ccc5c(c4)c4ccccc4n5-c4ccccc4)cccc23)cc1. The summed E-state index contributed by atoms with van der Waals surface area (Å²) in [5.41, 5.74) is 8.57. The van der Waals surface area contributed by atoms with Crippen molar-refractivity contribution in [2.24, 2.45) is 0 Å². The van der Waals surface area contributed by atoms with Crippen molar-refractivity contribution in [2.45, 2.75) is 0 Å². The van der Waals surface area contributed by atoms with Gasteiger partial charge in [0.25, 0.3) is 0 Å².